The molecule has 1 unspecified atom stereocenters. The van der Waals surface area contributed by atoms with E-state index in [-0.39, 0.29) is 0 Å². The number of hydrogen-bond acceptors (Lipinski definition) is 2. The molecule has 2 heteroatoms. The Balaban J connectivity index is 1.78. The predicted molar refractivity (Wildman–Crippen MR) is 84.2 cm³/mol. The molecule has 3 rings (SSSR count). The highest BCUT2D eigenvalue weighted by Crippen LogP contribution is 2.44. The van der Waals surface area contributed by atoms with Crippen molar-refractivity contribution in [3.63, 3.8) is 0 Å². The minimum absolute atomic E-state index is 0.510. The molecule has 0 amide bonds. The number of anilines is 1. The van der Waals surface area contributed by atoms with E-state index in [4.69, 9.17) is 5.73 Å². The first kappa shape index (κ1) is 13.2. The van der Waals surface area contributed by atoms with Crippen molar-refractivity contribution < 1.29 is 0 Å². The highest BCUT2D eigenvalue weighted by Gasteiger charge is 2.34. The van der Waals surface area contributed by atoms with Crippen molar-refractivity contribution in [2.75, 3.05) is 12.8 Å². The Morgan fingerprint density at radius 3 is 2.30 bits per heavy atom. The Hall–Kier alpha value is -1.80. The molecule has 2 aromatic carbocycles. The van der Waals surface area contributed by atoms with E-state index in [9.17, 15) is 0 Å². The van der Waals surface area contributed by atoms with Crippen LogP contribution in [0, 0.1) is 5.92 Å². The maximum atomic E-state index is 5.80. The van der Waals surface area contributed by atoms with Crippen LogP contribution in [0.15, 0.2) is 54.6 Å². The summed E-state index contributed by atoms with van der Waals surface area (Å²) in [5.74, 6) is 0.798. The fraction of sp³-hybridized carbons (Fsp3) is 0.333. The number of nitrogens with zero attached hydrogens (tertiary/aromatic N) is 1. The van der Waals surface area contributed by atoms with Gasteiger partial charge in [0.15, 0.2) is 0 Å². The van der Waals surface area contributed by atoms with Gasteiger partial charge in [-0.15, -0.1) is 0 Å². The van der Waals surface area contributed by atoms with Gasteiger partial charge < -0.3 is 5.73 Å². The van der Waals surface area contributed by atoms with Gasteiger partial charge in [-0.3, -0.25) is 4.90 Å². The molecule has 1 aliphatic carbocycles. The number of nitrogens with two attached hydrogens (primary N) is 1. The smallest absolute Gasteiger partial charge is 0.0376 e. The Morgan fingerprint density at radius 1 is 1.05 bits per heavy atom. The van der Waals surface area contributed by atoms with Gasteiger partial charge in [-0.05, 0) is 49.1 Å². The lowest BCUT2D eigenvalue weighted by Crippen LogP contribution is -2.25. The summed E-state index contributed by atoms with van der Waals surface area (Å²) in [4.78, 5) is 2.47. The molecule has 0 heterocycles. The van der Waals surface area contributed by atoms with Gasteiger partial charge in [0.25, 0.3) is 0 Å². The van der Waals surface area contributed by atoms with E-state index in [1.54, 1.807) is 0 Å². The summed E-state index contributed by atoms with van der Waals surface area (Å²) in [6, 6.07) is 19.6. The van der Waals surface area contributed by atoms with E-state index in [1.165, 1.54) is 24.0 Å². The second-order valence-corrected chi connectivity index (χ2v) is 5.85. The van der Waals surface area contributed by atoms with E-state index in [1.807, 2.05) is 12.1 Å². The molecular weight excluding hydrogens is 244 g/mol. The van der Waals surface area contributed by atoms with E-state index in [0.717, 1.165) is 18.2 Å². The molecule has 0 saturated heterocycles. The van der Waals surface area contributed by atoms with Gasteiger partial charge >= 0.3 is 0 Å². The van der Waals surface area contributed by atoms with Crippen LogP contribution in [0.5, 0.6) is 0 Å². The lowest BCUT2D eigenvalue weighted by Gasteiger charge is -2.29. The van der Waals surface area contributed by atoms with Crippen LogP contribution in [0.4, 0.5) is 5.69 Å². The number of benzene rings is 2. The summed E-state index contributed by atoms with van der Waals surface area (Å²) < 4.78 is 0. The summed E-state index contributed by atoms with van der Waals surface area (Å²) in [5.41, 5.74) is 9.41. The minimum Gasteiger partial charge on any atom is -0.399 e. The Labute approximate surface area is 121 Å². The first-order chi connectivity index (χ1) is 9.74. The molecule has 20 heavy (non-hydrogen) atoms. The van der Waals surface area contributed by atoms with Crippen LogP contribution in [0.25, 0.3) is 0 Å². The molecule has 1 fully saturated rings. The summed E-state index contributed by atoms with van der Waals surface area (Å²) in [7, 11) is 2.23. The SMILES string of the molecule is CN(Cc1ccccc1)C(c1ccc(N)cc1)C1CC1. The molecule has 1 saturated carbocycles. The van der Waals surface area contributed by atoms with E-state index in [0.29, 0.717) is 6.04 Å². The zero-order chi connectivity index (χ0) is 13.9. The first-order valence-corrected chi connectivity index (χ1v) is 7.33. The van der Waals surface area contributed by atoms with E-state index in [2.05, 4.69) is 54.4 Å². The van der Waals surface area contributed by atoms with Gasteiger partial charge in [-0.2, -0.15) is 0 Å². The van der Waals surface area contributed by atoms with E-state index >= 15 is 0 Å². The molecule has 2 N–H and O–H groups in total. The van der Waals surface area contributed by atoms with Crippen LogP contribution in [0.3, 0.4) is 0 Å². The summed E-state index contributed by atoms with van der Waals surface area (Å²) in [5, 5.41) is 0. The zero-order valence-corrected chi connectivity index (χ0v) is 12.0. The largest absolute Gasteiger partial charge is 0.399 e. The van der Waals surface area contributed by atoms with Gasteiger partial charge in [0.2, 0.25) is 0 Å². The molecule has 0 bridgehead atoms. The van der Waals surface area contributed by atoms with Crippen LogP contribution in [-0.2, 0) is 6.54 Å². The van der Waals surface area contributed by atoms with Gasteiger partial charge in [0, 0.05) is 18.3 Å². The first-order valence-electron chi connectivity index (χ1n) is 7.33. The second kappa shape index (κ2) is 5.68. The van der Waals surface area contributed by atoms with Gasteiger partial charge in [0.05, 0.1) is 0 Å². The maximum absolute atomic E-state index is 5.80. The van der Waals surface area contributed by atoms with Gasteiger partial charge in [-0.25, -0.2) is 0 Å². The summed E-state index contributed by atoms with van der Waals surface area (Å²) in [6.07, 6.45) is 2.68. The topological polar surface area (TPSA) is 29.3 Å². The average molecular weight is 266 g/mol. The fourth-order valence-electron chi connectivity index (χ4n) is 2.96. The van der Waals surface area contributed by atoms with Crippen LogP contribution in [0.2, 0.25) is 0 Å². The molecule has 0 aliphatic heterocycles. The standard InChI is InChI=1S/C18H22N2/c1-20(13-14-5-3-2-4-6-14)18(15-7-8-15)16-9-11-17(19)12-10-16/h2-6,9-12,15,18H,7-8,13,19H2,1H3. The third kappa shape index (κ3) is 3.02. The lowest BCUT2D eigenvalue weighted by molar-refractivity contribution is 0.212. The van der Waals surface area contributed by atoms with Crippen molar-refractivity contribution >= 4 is 5.69 Å². The highest BCUT2D eigenvalue weighted by molar-refractivity contribution is 5.40. The number of rotatable bonds is 5. The fourth-order valence-corrected chi connectivity index (χ4v) is 2.96. The second-order valence-electron chi connectivity index (χ2n) is 5.85. The number of hydrogen-bond donors (Lipinski definition) is 1. The Kier molecular flexibility index (Phi) is 3.75. The van der Waals surface area contributed by atoms with Crippen LogP contribution < -0.4 is 5.73 Å². The van der Waals surface area contributed by atoms with Crippen molar-refractivity contribution in [3.8, 4) is 0 Å². The highest BCUT2D eigenvalue weighted by atomic mass is 15.1. The molecule has 0 aromatic heterocycles. The quantitative estimate of drug-likeness (QED) is 0.833. The third-order valence-electron chi connectivity index (χ3n) is 4.10. The minimum atomic E-state index is 0.510. The summed E-state index contributed by atoms with van der Waals surface area (Å²) in [6.45, 7) is 0.992. The average Bonchev–Trinajstić information content (AvgIpc) is 3.27. The van der Waals surface area contributed by atoms with Crippen LogP contribution >= 0.6 is 0 Å². The molecule has 0 radical (unpaired) electrons. The van der Waals surface area contributed by atoms with Crippen LogP contribution in [0.1, 0.15) is 30.0 Å². The Bertz CT molecular complexity index is 543. The van der Waals surface area contributed by atoms with Gasteiger partial charge in [-0.1, -0.05) is 42.5 Å². The maximum Gasteiger partial charge on any atom is 0.0376 e. The third-order valence-corrected chi connectivity index (χ3v) is 4.10. The van der Waals surface area contributed by atoms with Crippen LogP contribution in [-0.4, -0.2) is 11.9 Å². The zero-order valence-electron chi connectivity index (χ0n) is 12.0. The molecule has 2 nitrogen and oxygen atoms in total. The van der Waals surface area contributed by atoms with Crippen molar-refractivity contribution in [2.24, 2.45) is 5.92 Å². The molecule has 2 aromatic rings. The van der Waals surface area contributed by atoms with Crippen molar-refractivity contribution in [1.29, 1.82) is 0 Å². The molecule has 104 valence electrons. The molecule has 1 atom stereocenters. The van der Waals surface area contributed by atoms with Crippen molar-refractivity contribution in [1.82, 2.24) is 4.90 Å². The number of nitrogen functional groups attached to an aromatic ring is 1. The van der Waals surface area contributed by atoms with Crippen molar-refractivity contribution in [3.05, 3.63) is 65.7 Å². The monoisotopic (exact) mass is 266 g/mol. The molecule has 0 spiro atoms. The van der Waals surface area contributed by atoms with Gasteiger partial charge in [0.1, 0.15) is 0 Å². The summed E-state index contributed by atoms with van der Waals surface area (Å²) >= 11 is 0. The predicted octanol–water partition coefficient (Wildman–Crippen LogP) is 3.85. The normalized spacial score (nSPS) is 16.3. The van der Waals surface area contributed by atoms with Crippen molar-refractivity contribution in [2.45, 2.75) is 25.4 Å². The van der Waals surface area contributed by atoms with E-state index < -0.39 is 0 Å². The Morgan fingerprint density at radius 2 is 1.70 bits per heavy atom. The lowest BCUT2D eigenvalue weighted by atomic mass is 10.00. The molecule has 1 aliphatic rings. The molecular formula is C18H22N2.